The van der Waals surface area contributed by atoms with Gasteiger partial charge in [0.15, 0.2) is 0 Å². The number of H-pyrrole nitrogens is 1. The number of carbonyl (C=O) groups excluding carboxylic acids is 1. The number of aromatic nitrogens is 2. The number of ether oxygens (including phenoxy) is 1. The van der Waals surface area contributed by atoms with Crippen LogP contribution in [0.25, 0.3) is 17.0 Å². The number of hydrogen-bond donors (Lipinski definition) is 3. The molecule has 8 nitrogen and oxygen atoms in total. The molecule has 0 atom stereocenters. The van der Waals surface area contributed by atoms with E-state index in [2.05, 4.69) is 20.4 Å². The van der Waals surface area contributed by atoms with E-state index in [4.69, 9.17) is 9.84 Å². The Kier molecular flexibility index (Phi) is 6.55. The molecule has 0 spiro atoms. The number of benzene rings is 2. The molecule has 0 unspecified atom stereocenters. The Labute approximate surface area is 201 Å². The van der Waals surface area contributed by atoms with Gasteiger partial charge in [-0.05, 0) is 61.7 Å². The molecule has 2 aliphatic rings. The van der Waals surface area contributed by atoms with Crippen LogP contribution in [0.15, 0.2) is 52.3 Å². The van der Waals surface area contributed by atoms with Crippen LogP contribution in [-0.2, 0) is 4.79 Å². The number of amides is 1. The predicted molar refractivity (Wildman–Crippen MR) is 131 cm³/mol. The minimum Gasteiger partial charge on any atom is -0.494 e. The van der Waals surface area contributed by atoms with Crippen molar-refractivity contribution in [2.45, 2.75) is 30.2 Å². The van der Waals surface area contributed by atoms with Crippen LogP contribution < -0.4 is 10.1 Å². The first-order valence-electron chi connectivity index (χ1n) is 11.4. The summed E-state index contributed by atoms with van der Waals surface area (Å²) in [6.07, 6.45) is 4.63. The molecule has 0 radical (unpaired) electrons. The van der Waals surface area contributed by atoms with Crippen LogP contribution in [0.5, 0.6) is 5.75 Å². The molecule has 0 saturated carbocycles. The Balaban J connectivity index is 1.04. The van der Waals surface area contributed by atoms with Crippen molar-refractivity contribution in [2.75, 3.05) is 26.2 Å². The van der Waals surface area contributed by atoms with Gasteiger partial charge in [0.25, 0.3) is 5.91 Å². The third kappa shape index (κ3) is 4.95. The number of aromatic carboxylic acids is 1. The second-order valence-electron chi connectivity index (χ2n) is 8.52. The van der Waals surface area contributed by atoms with Crippen molar-refractivity contribution < 1.29 is 19.4 Å². The number of nitrogens with one attached hydrogen (secondary N) is 2. The van der Waals surface area contributed by atoms with Gasteiger partial charge in [0.05, 0.1) is 28.3 Å². The number of thioether (sulfide) groups is 1. The molecular weight excluding hydrogens is 452 g/mol. The molecule has 1 fully saturated rings. The Morgan fingerprint density at radius 3 is 2.74 bits per heavy atom. The Hall–Kier alpha value is -3.30. The van der Waals surface area contributed by atoms with Crippen LogP contribution in [-0.4, -0.2) is 64.4 Å². The monoisotopic (exact) mass is 478 g/mol. The number of likely N-dealkylation sites (tertiary alicyclic amines) is 1. The van der Waals surface area contributed by atoms with Crippen molar-refractivity contribution >= 4 is 40.6 Å². The third-order valence-electron chi connectivity index (χ3n) is 6.20. The molecule has 176 valence electrons. The van der Waals surface area contributed by atoms with Crippen LogP contribution in [0.4, 0.5) is 0 Å². The molecule has 0 aliphatic carbocycles. The van der Waals surface area contributed by atoms with E-state index >= 15 is 0 Å². The standard InChI is InChI=1S/C25H26N4O4S/c30-24(22-15-20-23-19(27-28-20)3-1-4-21(23)34-22)26-17-9-12-29(13-10-17)11-2-14-33-18-7-5-16(6-8-18)25(31)32/h1,3-8,15,17H,2,9-14H2,(H,26,30)(H,27,28)(H,31,32). The number of carbonyl (C=O) groups is 2. The lowest BCUT2D eigenvalue weighted by molar-refractivity contribution is -0.117. The minimum absolute atomic E-state index is 0.0250. The Morgan fingerprint density at radius 1 is 1.18 bits per heavy atom. The topological polar surface area (TPSA) is 108 Å². The van der Waals surface area contributed by atoms with Gasteiger partial charge < -0.3 is 20.1 Å². The summed E-state index contributed by atoms with van der Waals surface area (Å²) in [5, 5.41) is 20.6. The maximum Gasteiger partial charge on any atom is 0.335 e. The zero-order chi connectivity index (χ0) is 23.5. The van der Waals surface area contributed by atoms with Crippen LogP contribution in [0, 0.1) is 0 Å². The third-order valence-corrected chi connectivity index (χ3v) is 7.28. The van der Waals surface area contributed by atoms with Gasteiger partial charge in [0.2, 0.25) is 0 Å². The van der Waals surface area contributed by atoms with E-state index in [1.807, 2.05) is 24.3 Å². The van der Waals surface area contributed by atoms with Crippen LogP contribution in [0.1, 0.15) is 35.3 Å². The van der Waals surface area contributed by atoms with Gasteiger partial charge in [-0.3, -0.25) is 9.89 Å². The first kappa shape index (κ1) is 22.5. The highest BCUT2D eigenvalue weighted by Gasteiger charge is 2.25. The number of carboxylic acid groups (broad SMARTS) is 1. The number of rotatable bonds is 8. The molecule has 2 aromatic carbocycles. The van der Waals surface area contributed by atoms with Crippen molar-refractivity contribution in [3.8, 4) is 5.75 Å². The van der Waals surface area contributed by atoms with Crippen LogP contribution in [0.3, 0.4) is 0 Å². The summed E-state index contributed by atoms with van der Waals surface area (Å²) < 4.78 is 5.72. The lowest BCUT2D eigenvalue weighted by Crippen LogP contribution is -2.45. The molecule has 3 heterocycles. The number of piperidine rings is 1. The van der Waals surface area contributed by atoms with Crippen LogP contribution in [0.2, 0.25) is 0 Å². The van der Waals surface area contributed by atoms with Gasteiger partial charge in [0, 0.05) is 36.0 Å². The molecule has 2 aliphatic heterocycles. The molecule has 1 aromatic heterocycles. The van der Waals surface area contributed by atoms with E-state index in [1.165, 1.54) is 11.8 Å². The summed E-state index contributed by atoms with van der Waals surface area (Å²) >= 11 is 1.50. The van der Waals surface area contributed by atoms with Crippen molar-refractivity contribution in [1.82, 2.24) is 20.4 Å². The average molecular weight is 479 g/mol. The average Bonchev–Trinajstić information content (AvgIpc) is 3.27. The Bertz CT molecular complexity index is 1230. The van der Waals surface area contributed by atoms with Gasteiger partial charge in [0.1, 0.15) is 5.75 Å². The highest BCUT2D eigenvalue weighted by molar-refractivity contribution is 8.04. The Morgan fingerprint density at radius 2 is 1.97 bits per heavy atom. The summed E-state index contributed by atoms with van der Waals surface area (Å²) in [5.41, 5.74) is 2.07. The maximum absolute atomic E-state index is 12.9. The summed E-state index contributed by atoms with van der Waals surface area (Å²) in [7, 11) is 0. The largest absolute Gasteiger partial charge is 0.494 e. The molecule has 9 heteroatoms. The fourth-order valence-corrected chi connectivity index (χ4v) is 5.40. The van der Waals surface area contributed by atoms with Crippen molar-refractivity contribution in [3.63, 3.8) is 0 Å². The highest BCUT2D eigenvalue weighted by Crippen LogP contribution is 2.39. The molecule has 3 aromatic rings. The summed E-state index contributed by atoms with van der Waals surface area (Å²) in [6.45, 7) is 3.39. The van der Waals surface area contributed by atoms with E-state index in [0.29, 0.717) is 17.3 Å². The summed E-state index contributed by atoms with van der Waals surface area (Å²) in [6, 6.07) is 12.6. The smallest absolute Gasteiger partial charge is 0.335 e. The fourth-order valence-electron chi connectivity index (χ4n) is 4.37. The zero-order valence-corrected chi connectivity index (χ0v) is 19.4. The van der Waals surface area contributed by atoms with Crippen molar-refractivity contribution in [2.24, 2.45) is 0 Å². The van der Waals surface area contributed by atoms with E-state index in [1.54, 1.807) is 24.3 Å². The van der Waals surface area contributed by atoms with Gasteiger partial charge in [-0.15, -0.1) is 0 Å². The van der Waals surface area contributed by atoms with Crippen LogP contribution >= 0.6 is 11.8 Å². The number of aromatic amines is 1. The van der Waals surface area contributed by atoms with E-state index in [0.717, 1.165) is 60.4 Å². The fraction of sp³-hybridized carbons (Fsp3) is 0.320. The lowest BCUT2D eigenvalue weighted by Gasteiger charge is -2.32. The van der Waals surface area contributed by atoms with Gasteiger partial charge >= 0.3 is 5.97 Å². The molecule has 34 heavy (non-hydrogen) atoms. The van der Waals surface area contributed by atoms with E-state index in [9.17, 15) is 9.59 Å². The molecular formula is C25H26N4O4S. The maximum atomic E-state index is 12.9. The van der Waals surface area contributed by atoms with Gasteiger partial charge in [-0.1, -0.05) is 17.8 Å². The summed E-state index contributed by atoms with van der Waals surface area (Å²) in [4.78, 5) is 28.0. The molecule has 5 rings (SSSR count). The second kappa shape index (κ2) is 9.90. The first-order valence-corrected chi connectivity index (χ1v) is 12.2. The number of nitrogens with zero attached hydrogens (tertiary/aromatic N) is 2. The molecule has 1 saturated heterocycles. The molecule has 0 bridgehead atoms. The quantitative estimate of drug-likeness (QED) is 0.423. The van der Waals surface area contributed by atoms with Crippen molar-refractivity contribution in [1.29, 1.82) is 0 Å². The van der Waals surface area contributed by atoms with E-state index in [-0.39, 0.29) is 17.5 Å². The minimum atomic E-state index is -0.940. The predicted octanol–water partition coefficient (Wildman–Crippen LogP) is 3.76. The number of hydrogen-bond acceptors (Lipinski definition) is 6. The van der Waals surface area contributed by atoms with E-state index < -0.39 is 5.97 Å². The first-order chi connectivity index (χ1) is 16.6. The highest BCUT2D eigenvalue weighted by atomic mass is 32.2. The number of carboxylic acids is 1. The van der Waals surface area contributed by atoms with Crippen molar-refractivity contribution in [3.05, 3.63) is 58.6 Å². The molecule has 3 N–H and O–H groups in total. The summed E-state index contributed by atoms with van der Waals surface area (Å²) in [5.74, 6) is -0.284. The SMILES string of the molecule is O=C(NC1CCN(CCCOc2ccc(C(=O)O)cc2)CC1)C1=Cc2[nH]nc3cccc(c23)S1. The molecule has 1 amide bonds. The normalized spacial score (nSPS) is 16.3. The van der Waals surface area contributed by atoms with Gasteiger partial charge in [-0.2, -0.15) is 5.10 Å². The second-order valence-corrected chi connectivity index (χ2v) is 9.60. The lowest BCUT2D eigenvalue weighted by atomic mass is 10.0. The zero-order valence-electron chi connectivity index (χ0n) is 18.6. The van der Waals surface area contributed by atoms with Gasteiger partial charge in [-0.25, -0.2) is 4.79 Å².